The molecule has 0 aliphatic heterocycles. The molecule has 0 amide bonds. The van der Waals surface area contributed by atoms with Gasteiger partial charge in [-0.3, -0.25) is 4.68 Å². The van der Waals surface area contributed by atoms with E-state index in [0.717, 1.165) is 5.56 Å². The number of aliphatic hydroxyl groups is 1. The number of hydrogen-bond donors (Lipinski definition) is 2. The van der Waals surface area contributed by atoms with Gasteiger partial charge in [-0.2, -0.15) is 5.10 Å². The Morgan fingerprint density at radius 3 is 2.62 bits per heavy atom. The van der Waals surface area contributed by atoms with Gasteiger partial charge in [0.1, 0.15) is 0 Å². The van der Waals surface area contributed by atoms with Crippen LogP contribution in [0.3, 0.4) is 0 Å². The van der Waals surface area contributed by atoms with E-state index in [1.165, 1.54) is 6.26 Å². The molecule has 1 heterocycles. The molecule has 114 valence electrons. The van der Waals surface area contributed by atoms with Crippen molar-refractivity contribution in [2.45, 2.75) is 24.1 Å². The van der Waals surface area contributed by atoms with Gasteiger partial charge in [0, 0.05) is 31.7 Å². The fourth-order valence-corrected chi connectivity index (χ4v) is 2.56. The summed E-state index contributed by atoms with van der Waals surface area (Å²) in [6, 6.07) is 8.52. The largest absolute Gasteiger partial charge is 0.390 e. The SMILES string of the molecule is CS(=O)(=O)c1ccc(CNCC(O)Cn2cccn2)cc1. The number of benzene rings is 1. The Morgan fingerprint density at radius 1 is 1.33 bits per heavy atom. The molecule has 6 nitrogen and oxygen atoms in total. The van der Waals surface area contributed by atoms with Gasteiger partial charge in [-0.05, 0) is 23.8 Å². The zero-order valence-electron chi connectivity index (χ0n) is 11.8. The van der Waals surface area contributed by atoms with E-state index in [2.05, 4.69) is 10.4 Å². The first-order chi connectivity index (χ1) is 9.95. The van der Waals surface area contributed by atoms with Crippen LogP contribution in [0.4, 0.5) is 0 Å². The lowest BCUT2D eigenvalue weighted by Gasteiger charge is -2.12. The van der Waals surface area contributed by atoms with Crippen LogP contribution in [0.15, 0.2) is 47.6 Å². The zero-order chi connectivity index (χ0) is 15.3. The van der Waals surface area contributed by atoms with E-state index in [1.807, 2.05) is 6.07 Å². The van der Waals surface area contributed by atoms with Crippen molar-refractivity contribution in [2.24, 2.45) is 0 Å². The number of nitrogens with one attached hydrogen (secondary N) is 1. The number of nitrogens with zero attached hydrogens (tertiary/aromatic N) is 2. The van der Waals surface area contributed by atoms with E-state index in [9.17, 15) is 13.5 Å². The average molecular weight is 309 g/mol. The number of rotatable bonds is 7. The molecule has 1 aromatic carbocycles. The second kappa shape index (κ2) is 6.84. The molecule has 0 aliphatic carbocycles. The van der Waals surface area contributed by atoms with Gasteiger partial charge >= 0.3 is 0 Å². The highest BCUT2D eigenvalue weighted by molar-refractivity contribution is 7.90. The Kier molecular flexibility index (Phi) is 5.11. The Bertz CT molecular complexity index is 651. The second-order valence-electron chi connectivity index (χ2n) is 4.93. The maximum atomic E-state index is 11.3. The van der Waals surface area contributed by atoms with E-state index < -0.39 is 15.9 Å². The molecule has 2 aromatic rings. The highest BCUT2D eigenvalue weighted by Crippen LogP contribution is 2.10. The van der Waals surface area contributed by atoms with Crippen molar-refractivity contribution in [3.63, 3.8) is 0 Å². The fourth-order valence-electron chi connectivity index (χ4n) is 1.93. The average Bonchev–Trinajstić information content (AvgIpc) is 2.91. The molecule has 0 saturated carbocycles. The van der Waals surface area contributed by atoms with E-state index in [1.54, 1.807) is 41.3 Å². The van der Waals surface area contributed by atoms with Gasteiger partial charge in [0.05, 0.1) is 17.5 Å². The van der Waals surface area contributed by atoms with E-state index in [0.29, 0.717) is 24.5 Å². The lowest BCUT2D eigenvalue weighted by Crippen LogP contribution is -2.30. The third-order valence-electron chi connectivity index (χ3n) is 3.02. The Labute approximate surface area is 124 Å². The van der Waals surface area contributed by atoms with Crippen LogP contribution in [0, 0.1) is 0 Å². The van der Waals surface area contributed by atoms with Gasteiger partial charge in [0.2, 0.25) is 0 Å². The predicted octanol–water partition coefficient (Wildman–Crippen LogP) is 0.437. The van der Waals surface area contributed by atoms with Crippen molar-refractivity contribution in [1.29, 1.82) is 0 Å². The van der Waals surface area contributed by atoms with Crippen molar-refractivity contribution in [2.75, 3.05) is 12.8 Å². The topological polar surface area (TPSA) is 84.2 Å². The normalized spacial score (nSPS) is 13.2. The first-order valence-electron chi connectivity index (χ1n) is 6.60. The molecule has 2 N–H and O–H groups in total. The van der Waals surface area contributed by atoms with Crippen LogP contribution in [-0.4, -0.2) is 42.2 Å². The van der Waals surface area contributed by atoms with Crippen LogP contribution in [0.5, 0.6) is 0 Å². The molecule has 2 rings (SSSR count). The number of aliphatic hydroxyl groups excluding tert-OH is 1. The van der Waals surface area contributed by atoms with Crippen molar-refractivity contribution >= 4 is 9.84 Å². The molecule has 1 unspecified atom stereocenters. The molecular weight excluding hydrogens is 290 g/mol. The van der Waals surface area contributed by atoms with Crippen LogP contribution in [0.25, 0.3) is 0 Å². The summed E-state index contributed by atoms with van der Waals surface area (Å²) >= 11 is 0. The van der Waals surface area contributed by atoms with Crippen LogP contribution < -0.4 is 5.32 Å². The summed E-state index contributed by atoms with van der Waals surface area (Å²) in [7, 11) is -3.15. The molecule has 21 heavy (non-hydrogen) atoms. The van der Waals surface area contributed by atoms with Gasteiger partial charge in [-0.25, -0.2) is 8.42 Å². The third kappa shape index (κ3) is 4.96. The van der Waals surface area contributed by atoms with E-state index >= 15 is 0 Å². The molecular formula is C14H19N3O3S. The van der Waals surface area contributed by atoms with Crippen molar-refractivity contribution < 1.29 is 13.5 Å². The number of hydrogen-bond acceptors (Lipinski definition) is 5. The van der Waals surface area contributed by atoms with Gasteiger partial charge in [-0.1, -0.05) is 12.1 Å². The van der Waals surface area contributed by atoms with Gasteiger partial charge < -0.3 is 10.4 Å². The van der Waals surface area contributed by atoms with Gasteiger partial charge in [0.15, 0.2) is 9.84 Å². The summed E-state index contributed by atoms with van der Waals surface area (Å²) in [6.07, 6.45) is 4.13. The third-order valence-corrected chi connectivity index (χ3v) is 4.15. The smallest absolute Gasteiger partial charge is 0.175 e. The van der Waals surface area contributed by atoms with Crippen LogP contribution in [-0.2, 0) is 22.9 Å². The molecule has 0 aliphatic rings. The highest BCUT2D eigenvalue weighted by atomic mass is 32.2. The Balaban J connectivity index is 1.78. The quantitative estimate of drug-likeness (QED) is 0.775. The highest BCUT2D eigenvalue weighted by Gasteiger charge is 2.07. The number of aromatic nitrogens is 2. The first-order valence-corrected chi connectivity index (χ1v) is 8.49. The maximum absolute atomic E-state index is 11.3. The summed E-state index contributed by atoms with van der Waals surface area (Å²) in [5.41, 5.74) is 0.966. The minimum absolute atomic E-state index is 0.310. The lowest BCUT2D eigenvalue weighted by atomic mass is 10.2. The zero-order valence-corrected chi connectivity index (χ0v) is 12.6. The monoisotopic (exact) mass is 309 g/mol. The lowest BCUT2D eigenvalue weighted by molar-refractivity contribution is 0.146. The number of sulfone groups is 1. The fraction of sp³-hybridized carbons (Fsp3) is 0.357. The molecule has 0 radical (unpaired) electrons. The van der Waals surface area contributed by atoms with Crippen LogP contribution in [0.2, 0.25) is 0 Å². The Hall–Kier alpha value is -1.70. The van der Waals surface area contributed by atoms with E-state index in [4.69, 9.17) is 0 Å². The second-order valence-corrected chi connectivity index (χ2v) is 6.94. The van der Waals surface area contributed by atoms with E-state index in [-0.39, 0.29) is 0 Å². The molecule has 1 aromatic heterocycles. The maximum Gasteiger partial charge on any atom is 0.175 e. The summed E-state index contributed by atoms with van der Waals surface area (Å²) in [5.74, 6) is 0. The summed E-state index contributed by atoms with van der Waals surface area (Å²) < 4.78 is 24.4. The summed E-state index contributed by atoms with van der Waals surface area (Å²) in [4.78, 5) is 0.310. The van der Waals surface area contributed by atoms with Crippen LogP contribution in [0.1, 0.15) is 5.56 Å². The van der Waals surface area contributed by atoms with Crippen molar-refractivity contribution in [1.82, 2.24) is 15.1 Å². The molecule has 0 bridgehead atoms. The molecule has 0 spiro atoms. The van der Waals surface area contributed by atoms with Gasteiger partial charge in [0.25, 0.3) is 0 Å². The Morgan fingerprint density at radius 2 is 2.05 bits per heavy atom. The first kappa shape index (κ1) is 15.7. The summed E-state index contributed by atoms with van der Waals surface area (Å²) in [5, 5.41) is 17.0. The minimum atomic E-state index is -3.15. The molecule has 0 saturated heterocycles. The summed E-state index contributed by atoms with van der Waals surface area (Å²) in [6.45, 7) is 1.45. The van der Waals surface area contributed by atoms with Gasteiger partial charge in [-0.15, -0.1) is 0 Å². The molecule has 0 fully saturated rings. The molecule has 7 heteroatoms. The van der Waals surface area contributed by atoms with Crippen molar-refractivity contribution in [3.8, 4) is 0 Å². The molecule has 1 atom stereocenters. The van der Waals surface area contributed by atoms with Crippen molar-refractivity contribution in [3.05, 3.63) is 48.3 Å². The minimum Gasteiger partial charge on any atom is -0.390 e. The van der Waals surface area contributed by atoms with Crippen LogP contribution >= 0.6 is 0 Å². The standard InChI is InChI=1S/C14H19N3O3S/c1-21(19,20)14-5-3-12(4-6-14)9-15-10-13(18)11-17-8-2-7-16-17/h2-8,13,15,18H,9-11H2,1H3. The predicted molar refractivity (Wildman–Crippen MR) is 79.5 cm³/mol.